The van der Waals surface area contributed by atoms with Crippen molar-refractivity contribution in [1.82, 2.24) is 15.0 Å². The molecule has 0 aliphatic rings. The summed E-state index contributed by atoms with van der Waals surface area (Å²) in [5.74, 6) is 1.14. The lowest BCUT2D eigenvalue weighted by Crippen LogP contribution is -1.89. The molecule has 1 aromatic rings. The molecule has 0 aromatic carbocycles. The quantitative estimate of drug-likeness (QED) is 0.446. The molecule has 0 radical (unpaired) electrons. The van der Waals surface area contributed by atoms with E-state index in [1.54, 1.807) is 15.2 Å². The Morgan fingerprint density at radius 1 is 0.667 bits per heavy atom. The molecule has 72 valence electrons. The molecule has 0 amide bonds. The van der Waals surface area contributed by atoms with Crippen LogP contribution in [-0.2, 0) is 0 Å². The molecule has 0 aliphatic carbocycles. The third-order valence-electron chi connectivity index (χ3n) is 1.33. The van der Waals surface area contributed by atoms with E-state index in [2.05, 4.69) is 29.9 Å². The lowest BCUT2D eigenvalue weighted by Gasteiger charge is -1.96. The molecule has 15 heavy (non-hydrogen) atoms. The number of nitrogens with zero attached hydrogens (tertiary/aromatic N) is 6. The summed E-state index contributed by atoms with van der Waals surface area (Å²) in [6.45, 7) is 0. The third kappa shape index (κ3) is 4.32. The van der Waals surface area contributed by atoms with Gasteiger partial charge < -0.3 is 0 Å². The maximum atomic E-state index is 4.06. The van der Waals surface area contributed by atoms with Gasteiger partial charge in [0, 0.05) is 0 Å². The predicted octanol–water partition coefficient (Wildman–Crippen LogP) is -2.25. The fraction of sp³-hybridized carbons (Fsp3) is 0. The number of hydrogen-bond acceptors (Lipinski definition) is 6. The highest BCUT2D eigenvalue weighted by atomic mass is 27.1. The Labute approximate surface area is 111 Å². The number of aromatic nitrogens is 3. The van der Waals surface area contributed by atoms with Crippen LogP contribution in [0.2, 0.25) is 0 Å². The molecule has 1 rings (SSSR count). The second-order valence-corrected chi connectivity index (χ2v) is 3.95. The second kappa shape index (κ2) is 6.98. The van der Waals surface area contributed by atoms with Crippen molar-refractivity contribution in [1.29, 1.82) is 0 Å². The van der Waals surface area contributed by atoms with Crippen molar-refractivity contribution in [3.8, 4) is 0 Å². The Morgan fingerprint density at radius 3 is 1.13 bits per heavy atom. The molecule has 0 N–H and O–H groups in total. The smallest absolute Gasteiger partial charge is 0.243 e. The molecule has 0 saturated carbocycles. The van der Waals surface area contributed by atoms with Crippen molar-refractivity contribution in [3.63, 3.8) is 0 Å². The summed E-state index contributed by atoms with van der Waals surface area (Å²) in [6, 6.07) is 0. The second-order valence-electron chi connectivity index (χ2n) is 2.40. The first-order valence-corrected chi connectivity index (χ1v) is 7.98. The molecule has 0 atom stereocenters. The van der Waals surface area contributed by atoms with Crippen LogP contribution < -0.4 is 0 Å². The number of aliphatic imine (C=N–C) groups is 3. The Hall–Kier alpha value is -0.383. The van der Waals surface area contributed by atoms with Crippen molar-refractivity contribution < 1.29 is 0 Å². The van der Waals surface area contributed by atoms with Crippen LogP contribution in [0.15, 0.2) is 15.0 Å². The van der Waals surface area contributed by atoms with Gasteiger partial charge in [0.05, 0.1) is 0 Å². The van der Waals surface area contributed by atoms with E-state index in [9.17, 15) is 0 Å². The zero-order valence-corrected chi connectivity index (χ0v) is 14.9. The average molecular weight is 246 g/mol. The summed E-state index contributed by atoms with van der Waals surface area (Å²) in [5.41, 5.74) is 0. The Bertz CT molecular complexity index is 341. The first-order chi connectivity index (χ1) is 7.30. The van der Waals surface area contributed by atoms with Gasteiger partial charge in [-0.3, -0.25) is 0 Å². The van der Waals surface area contributed by atoms with Crippen molar-refractivity contribution >= 4 is 81.9 Å². The minimum atomic E-state index is 0.379. The largest absolute Gasteiger partial charge is 0.277 e. The summed E-state index contributed by atoms with van der Waals surface area (Å²) in [7, 11) is 0. The molecule has 6 nitrogen and oxygen atoms in total. The van der Waals surface area contributed by atoms with Gasteiger partial charge in [-0.05, 0) is 0 Å². The fourth-order valence-electron chi connectivity index (χ4n) is 0.863. The topological polar surface area (TPSA) is 75.8 Å². The van der Waals surface area contributed by atoms with Gasteiger partial charge in [-0.15, -0.1) is 0 Å². The minimum Gasteiger partial charge on any atom is -0.243 e. The van der Waals surface area contributed by atoms with Crippen molar-refractivity contribution in [2.24, 2.45) is 15.0 Å². The summed E-state index contributed by atoms with van der Waals surface area (Å²) in [6.07, 6.45) is 0. The Kier molecular flexibility index (Phi) is 5.91. The maximum Gasteiger partial charge on any atom is 0.277 e. The highest BCUT2D eigenvalue weighted by molar-refractivity contribution is 6.50. The van der Waals surface area contributed by atoms with Crippen LogP contribution in [0.5, 0.6) is 0 Å². The van der Waals surface area contributed by atoms with E-state index >= 15 is 0 Å². The summed E-state index contributed by atoms with van der Waals surface area (Å²) < 4.78 is 0. The average Bonchev–Trinajstić information content (AvgIpc) is 2.19. The van der Waals surface area contributed by atoms with E-state index in [4.69, 9.17) is 0 Å². The molecule has 1 heterocycles. The van der Waals surface area contributed by atoms with Crippen molar-refractivity contribution in [2.75, 3.05) is 0 Å². The van der Waals surface area contributed by atoms with Crippen LogP contribution in [-0.4, -0.2) is 79.1 Å². The van der Waals surface area contributed by atoms with Gasteiger partial charge in [-0.25, -0.2) is 15.0 Å². The van der Waals surface area contributed by atoms with Gasteiger partial charge >= 0.3 is 0 Å². The van der Waals surface area contributed by atoms with Crippen LogP contribution >= 0.6 is 0 Å². The summed E-state index contributed by atoms with van der Waals surface area (Å²) in [4.78, 5) is 24.3. The predicted molar refractivity (Wildman–Crippen MR) is 69.9 cm³/mol. The number of hydrogen-bond donors (Lipinski definition) is 0. The zero-order chi connectivity index (χ0) is 11.1. The monoisotopic (exact) mass is 246 g/mol. The summed E-state index contributed by atoms with van der Waals surface area (Å²) in [5, 5.41) is 5.28. The van der Waals surface area contributed by atoms with E-state index in [-0.39, 0.29) is 0 Å². The van der Waals surface area contributed by atoms with E-state index in [0.29, 0.717) is 17.8 Å². The van der Waals surface area contributed by atoms with Gasteiger partial charge in [0.25, 0.3) is 66.7 Å². The van der Waals surface area contributed by atoms with Crippen molar-refractivity contribution in [3.05, 3.63) is 0 Å². The lowest BCUT2D eigenvalue weighted by molar-refractivity contribution is 1.02. The van der Waals surface area contributed by atoms with Crippen LogP contribution in [0.3, 0.4) is 0 Å². The van der Waals surface area contributed by atoms with Crippen LogP contribution in [0.1, 0.15) is 0 Å². The molecule has 0 bridgehead atoms. The van der Waals surface area contributed by atoms with Gasteiger partial charge in [0.15, 0.2) is 0 Å². The minimum absolute atomic E-state index is 0.379. The molecule has 0 unspecified atom stereocenters. The van der Waals surface area contributed by atoms with E-state index in [0.717, 1.165) is 48.9 Å². The number of rotatable bonds is 3. The molecule has 1 aromatic heterocycles. The molecular weight excluding hydrogens is 237 g/mol. The SMILES string of the molecule is [AlH2][CH]=Nc1nc(N=[CH][AlH2])nc(N=[CH][AlH2])n1. The van der Waals surface area contributed by atoms with E-state index < -0.39 is 0 Å². The maximum absolute atomic E-state index is 4.06. The Balaban J connectivity index is 3.19. The zero-order valence-electron chi connectivity index (χ0n) is 8.92. The Morgan fingerprint density at radius 2 is 0.933 bits per heavy atom. The molecule has 0 fully saturated rings. The van der Waals surface area contributed by atoms with Gasteiger partial charge in [-0.2, -0.15) is 15.0 Å². The first-order valence-electron chi connectivity index (χ1n) is 4.52. The molecule has 0 spiro atoms. The molecule has 0 aliphatic heterocycles. The lowest BCUT2D eigenvalue weighted by atomic mass is 10.8. The van der Waals surface area contributed by atoms with Crippen LogP contribution in [0.4, 0.5) is 17.8 Å². The fourth-order valence-corrected chi connectivity index (χ4v) is 1.56. The van der Waals surface area contributed by atoms with Crippen LogP contribution in [0.25, 0.3) is 0 Å². The van der Waals surface area contributed by atoms with Crippen molar-refractivity contribution in [2.45, 2.75) is 0 Å². The van der Waals surface area contributed by atoms with Gasteiger partial charge in [0.2, 0.25) is 0 Å². The summed E-state index contributed by atoms with van der Waals surface area (Å²) >= 11 is 2.61. The van der Waals surface area contributed by atoms with Crippen LogP contribution in [0, 0.1) is 0 Å². The van der Waals surface area contributed by atoms with Gasteiger partial charge in [0.1, 0.15) is 0 Å². The molecule has 0 saturated heterocycles. The third-order valence-corrected chi connectivity index (χ3v) is 2.11. The van der Waals surface area contributed by atoms with Gasteiger partial charge in [-0.1, -0.05) is 15.2 Å². The van der Waals surface area contributed by atoms with E-state index in [1.807, 2.05) is 0 Å². The molecular formula is C6H9Al3N6. The first kappa shape index (κ1) is 12.7. The highest BCUT2D eigenvalue weighted by Gasteiger charge is 2.01. The van der Waals surface area contributed by atoms with E-state index in [1.165, 1.54) is 0 Å². The standard InChI is InChI=1S/C6H3N6.3Al.6H/c1-7-4-10-5(8-2)12-6(9-3)11-4;;;;;;;;;/h1-3H;;;;;;;;;. The normalized spacial score (nSPS) is 12.0. The molecule has 9 heteroatoms. The highest BCUT2D eigenvalue weighted by Crippen LogP contribution is 2.14.